The van der Waals surface area contributed by atoms with Gasteiger partial charge in [-0.05, 0) is 23.3 Å². The maximum atomic E-state index is 12.7. The van der Waals surface area contributed by atoms with Crippen LogP contribution >= 0.6 is 0 Å². The van der Waals surface area contributed by atoms with Crippen LogP contribution in [0.3, 0.4) is 0 Å². The van der Waals surface area contributed by atoms with Crippen molar-refractivity contribution in [2.24, 2.45) is 0 Å². The second kappa shape index (κ2) is 7.23. The van der Waals surface area contributed by atoms with Gasteiger partial charge in [0.05, 0.1) is 7.11 Å². The van der Waals surface area contributed by atoms with Gasteiger partial charge in [-0.1, -0.05) is 18.2 Å². The summed E-state index contributed by atoms with van der Waals surface area (Å²) >= 11 is 0. The molecule has 110 valence electrons. The average Bonchev–Trinajstić information content (AvgIpc) is 2.53. The number of urea groups is 1. The third-order valence-corrected chi connectivity index (χ3v) is 2.83. The van der Waals surface area contributed by atoms with Crippen LogP contribution in [0.25, 0.3) is 0 Å². The number of hydrogen-bond donors (Lipinski definition) is 2. The maximum Gasteiger partial charge on any atom is 0.315 e. The number of methoxy groups -OCH3 is 1. The quantitative estimate of drug-likeness (QED) is 0.887. The summed E-state index contributed by atoms with van der Waals surface area (Å²) in [4.78, 5) is 15.7. The van der Waals surface area contributed by atoms with Crippen molar-refractivity contribution in [3.63, 3.8) is 0 Å². The standard InChI is InChI=1S/C15H16FN3O2/c1-21-14-7-4-12(9-17-14)10-19-15(20)18-8-11-2-5-13(16)6-3-11/h2-7,9H,8,10H2,1H3,(H2,18,19,20). The molecule has 0 spiro atoms. The second-order valence-corrected chi connectivity index (χ2v) is 4.37. The Labute approximate surface area is 122 Å². The van der Waals surface area contributed by atoms with Gasteiger partial charge in [-0.25, -0.2) is 14.2 Å². The first-order chi connectivity index (χ1) is 10.2. The Morgan fingerprint density at radius 2 is 1.71 bits per heavy atom. The number of hydrogen-bond acceptors (Lipinski definition) is 3. The molecule has 0 saturated heterocycles. The fourth-order valence-electron chi connectivity index (χ4n) is 1.67. The van der Waals surface area contributed by atoms with E-state index in [1.165, 1.54) is 12.1 Å². The van der Waals surface area contributed by atoms with Crippen LogP contribution in [0.4, 0.5) is 9.18 Å². The number of ether oxygens (including phenoxy) is 1. The Hall–Kier alpha value is -2.63. The van der Waals surface area contributed by atoms with Gasteiger partial charge in [0.1, 0.15) is 5.82 Å². The predicted molar refractivity (Wildman–Crippen MR) is 76.3 cm³/mol. The Morgan fingerprint density at radius 3 is 2.29 bits per heavy atom. The van der Waals surface area contributed by atoms with E-state index in [1.807, 2.05) is 6.07 Å². The number of nitrogens with zero attached hydrogens (tertiary/aromatic N) is 1. The van der Waals surface area contributed by atoms with Crippen molar-refractivity contribution >= 4 is 6.03 Å². The first-order valence-electron chi connectivity index (χ1n) is 6.42. The first-order valence-corrected chi connectivity index (χ1v) is 6.42. The first kappa shape index (κ1) is 14.8. The zero-order chi connectivity index (χ0) is 15.1. The summed E-state index contributed by atoms with van der Waals surface area (Å²) in [7, 11) is 1.54. The zero-order valence-electron chi connectivity index (χ0n) is 11.6. The minimum Gasteiger partial charge on any atom is -0.481 e. The van der Waals surface area contributed by atoms with Crippen LogP contribution in [-0.4, -0.2) is 18.1 Å². The van der Waals surface area contributed by atoms with Gasteiger partial charge in [0, 0.05) is 25.4 Å². The lowest BCUT2D eigenvalue weighted by Crippen LogP contribution is -2.34. The van der Waals surface area contributed by atoms with Gasteiger partial charge in [-0.2, -0.15) is 0 Å². The van der Waals surface area contributed by atoms with Crippen LogP contribution in [0, 0.1) is 5.82 Å². The minimum absolute atomic E-state index is 0.296. The van der Waals surface area contributed by atoms with Gasteiger partial charge >= 0.3 is 6.03 Å². The van der Waals surface area contributed by atoms with E-state index in [0.717, 1.165) is 11.1 Å². The molecule has 0 atom stereocenters. The molecule has 2 amide bonds. The maximum absolute atomic E-state index is 12.7. The number of halogens is 1. The van der Waals surface area contributed by atoms with Crippen LogP contribution in [0.15, 0.2) is 42.6 Å². The van der Waals surface area contributed by atoms with Crippen LogP contribution in [0.1, 0.15) is 11.1 Å². The Balaban J connectivity index is 1.75. The molecule has 0 aliphatic rings. The lowest BCUT2D eigenvalue weighted by Gasteiger charge is -2.08. The molecule has 2 aromatic rings. The van der Waals surface area contributed by atoms with Crippen molar-refractivity contribution in [3.8, 4) is 5.88 Å². The molecule has 0 bridgehead atoms. The van der Waals surface area contributed by atoms with Crippen molar-refractivity contribution in [2.45, 2.75) is 13.1 Å². The average molecular weight is 289 g/mol. The van der Waals surface area contributed by atoms with Crippen molar-refractivity contribution in [2.75, 3.05) is 7.11 Å². The Kier molecular flexibility index (Phi) is 5.09. The summed E-state index contributed by atoms with van der Waals surface area (Å²) in [6.45, 7) is 0.708. The number of nitrogens with one attached hydrogen (secondary N) is 2. The van der Waals surface area contributed by atoms with Crippen LogP contribution in [-0.2, 0) is 13.1 Å². The monoisotopic (exact) mass is 289 g/mol. The number of carbonyl (C=O) groups excluding carboxylic acids is 1. The highest BCUT2D eigenvalue weighted by atomic mass is 19.1. The van der Waals surface area contributed by atoms with Gasteiger partial charge in [0.25, 0.3) is 0 Å². The summed E-state index contributed by atoms with van der Waals surface area (Å²) in [5.74, 6) is 0.231. The summed E-state index contributed by atoms with van der Waals surface area (Å²) in [6, 6.07) is 9.23. The summed E-state index contributed by atoms with van der Waals surface area (Å²) in [5, 5.41) is 5.41. The fourth-order valence-corrected chi connectivity index (χ4v) is 1.67. The molecule has 21 heavy (non-hydrogen) atoms. The van der Waals surface area contributed by atoms with E-state index in [9.17, 15) is 9.18 Å². The van der Waals surface area contributed by atoms with Gasteiger partial charge in [0.15, 0.2) is 0 Å². The molecule has 0 aliphatic carbocycles. The molecule has 5 nitrogen and oxygen atoms in total. The lowest BCUT2D eigenvalue weighted by atomic mass is 10.2. The van der Waals surface area contributed by atoms with Crippen molar-refractivity contribution in [1.82, 2.24) is 15.6 Å². The molecule has 6 heteroatoms. The fraction of sp³-hybridized carbons (Fsp3) is 0.200. The third kappa shape index (κ3) is 4.76. The number of aromatic nitrogens is 1. The highest BCUT2D eigenvalue weighted by molar-refractivity contribution is 5.73. The summed E-state index contributed by atoms with van der Waals surface area (Å²) in [6.07, 6.45) is 1.64. The molecule has 0 radical (unpaired) electrons. The van der Waals surface area contributed by atoms with Crippen molar-refractivity contribution < 1.29 is 13.9 Å². The van der Waals surface area contributed by atoms with Crippen molar-refractivity contribution in [3.05, 3.63) is 59.5 Å². The smallest absolute Gasteiger partial charge is 0.315 e. The third-order valence-electron chi connectivity index (χ3n) is 2.83. The number of pyridine rings is 1. The minimum atomic E-state index is -0.296. The molecule has 1 heterocycles. The molecule has 0 fully saturated rings. The van der Waals surface area contributed by atoms with Crippen molar-refractivity contribution in [1.29, 1.82) is 0 Å². The summed E-state index contributed by atoms with van der Waals surface area (Å²) < 4.78 is 17.7. The number of carbonyl (C=O) groups is 1. The topological polar surface area (TPSA) is 63.2 Å². The molecule has 1 aromatic heterocycles. The van der Waals surface area contributed by atoms with E-state index in [2.05, 4.69) is 15.6 Å². The molecule has 1 aromatic carbocycles. The van der Waals surface area contributed by atoms with Gasteiger partial charge < -0.3 is 15.4 Å². The Morgan fingerprint density at radius 1 is 1.10 bits per heavy atom. The van der Waals surface area contributed by atoms with E-state index >= 15 is 0 Å². The number of rotatable bonds is 5. The highest BCUT2D eigenvalue weighted by Crippen LogP contribution is 2.06. The van der Waals surface area contributed by atoms with E-state index in [4.69, 9.17) is 4.74 Å². The van der Waals surface area contributed by atoms with E-state index in [0.29, 0.717) is 19.0 Å². The lowest BCUT2D eigenvalue weighted by molar-refractivity contribution is 0.240. The second-order valence-electron chi connectivity index (χ2n) is 4.37. The van der Waals surface area contributed by atoms with E-state index < -0.39 is 0 Å². The molecule has 2 N–H and O–H groups in total. The van der Waals surface area contributed by atoms with Gasteiger partial charge in [0.2, 0.25) is 5.88 Å². The van der Waals surface area contributed by atoms with Gasteiger partial charge in [-0.3, -0.25) is 0 Å². The molecule has 0 saturated carbocycles. The van der Waals surface area contributed by atoms with Crippen LogP contribution < -0.4 is 15.4 Å². The van der Waals surface area contributed by atoms with E-state index in [1.54, 1.807) is 31.5 Å². The van der Waals surface area contributed by atoms with Crippen LogP contribution in [0.2, 0.25) is 0 Å². The molecular formula is C15H16FN3O2. The molecule has 0 unspecified atom stereocenters. The highest BCUT2D eigenvalue weighted by Gasteiger charge is 2.02. The zero-order valence-corrected chi connectivity index (χ0v) is 11.6. The largest absolute Gasteiger partial charge is 0.481 e. The predicted octanol–water partition coefficient (Wildman–Crippen LogP) is 2.23. The number of benzene rings is 1. The molecular weight excluding hydrogens is 273 g/mol. The normalized spacial score (nSPS) is 10.0. The van der Waals surface area contributed by atoms with Crippen LogP contribution in [0.5, 0.6) is 5.88 Å². The molecule has 0 aliphatic heterocycles. The Bertz CT molecular complexity index is 585. The van der Waals surface area contributed by atoms with E-state index in [-0.39, 0.29) is 11.8 Å². The SMILES string of the molecule is COc1ccc(CNC(=O)NCc2ccc(F)cc2)cn1. The molecule has 2 rings (SSSR count). The van der Waals surface area contributed by atoms with Gasteiger partial charge in [-0.15, -0.1) is 0 Å². The number of amides is 2. The summed E-state index contributed by atoms with van der Waals surface area (Å²) in [5.41, 5.74) is 1.70.